The first kappa shape index (κ1) is 16.2. The quantitative estimate of drug-likeness (QED) is 0.794. The minimum atomic E-state index is -3.11. The van der Waals surface area contributed by atoms with E-state index in [1.54, 1.807) is 12.1 Å². The lowest BCUT2D eigenvalue weighted by Crippen LogP contribution is -2.06. The molecule has 22 heavy (non-hydrogen) atoms. The molecule has 116 valence electrons. The molecule has 0 unspecified atom stereocenters. The highest BCUT2D eigenvalue weighted by Crippen LogP contribution is 2.11. The fourth-order valence-corrected chi connectivity index (χ4v) is 2.65. The van der Waals surface area contributed by atoms with Gasteiger partial charge in [0.2, 0.25) is 0 Å². The van der Waals surface area contributed by atoms with Gasteiger partial charge in [0, 0.05) is 6.26 Å². The van der Waals surface area contributed by atoms with E-state index in [4.69, 9.17) is 4.74 Å². The summed E-state index contributed by atoms with van der Waals surface area (Å²) in [6, 6.07) is 11.9. The molecule has 0 atom stereocenters. The van der Waals surface area contributed by atoms with E-state index in [-0.39, 0.29) is 18.2 Å². The van der Waals surface area contributed by atoms with Crippen LogP contribution in [0.5, 0.6) is 0 Å². The Hall–Kier alpha value is -2.21. The summed E-state index contributed by atoms with van der Waals surface area (Å²) in [6.45, 7) is 0.0458. The van der Waals surface area contributed by atoms with Gasteiger partial charge in [0.05, 0.1) is 11.3 Å². The van der Waals surface area contributed by atoms with Crippen molar-refractivity contribution >= 4 is 15.8 Å². The number of rotatable bonds is 5. The van der Waals surface area contributed by atoms with Crippen molar-refractivity contribution in [3.63, 3.8) is 0 Å². The number of hydrogen-bond acceptors (Lipinski definition) is 4. The van der Waals surface area contributed by atoms with Crippen molar-refractivity contribution in [3.8, 4) is 0 Å². The lowest BCUT2D eigenvalue weighted by molar-refractivity contribution is 0.0472. The summed E-state index contributed by atoms with van der Waals surface area (Å²) in [5, 5.41) is 0. The third kappa shape index (κ3) is 4.96. The molecule has 2 aromatic rings. The van der Waals surface area contributed by atoms with Crippen molar-refractivity contribution in [2.75, 3.05) is 6.26 Å². The Balaban J connectivity index is 1.96. The van der Waals surface area contributed by atoms with Gasteiger partial charge in [0.1, 0.15) is 12.4 Å². The molecular weight excluding hydrogens is 307 g/mol. The Morgan fingerprint density at radius 3 is 2.09 bits per heavy atom. The van der Waals surface area contributed by atoms with E-state index in [1.807, 2.05) is 0 Å². The summed E-state index contributed by atoms with van der Waals surface area (Å²) in [6.07, 6.45) is 1.15. The van der Waals surface area contributed by atoms with Crippen LogP contribution in [0.3, 0.4) is 0 Å². The topological polar surface area (TPSA) is 60.4 Å². The van der Waals surface area contributed by atoms with E-state index >= 15 is 0 Å². The molecule has 0 aliphatic carbocycles. The number of benzene rings is 2. The van der Waals surface area contributed by atoms with Crippen molar-refractivity contribution in [2.45, 2.75) is 12.4 Å². The molecule has 4 nitrogen and oxygen atoms in total. The van der Waals surface area contributed by atoms with E-state index in [0.717, 1.165) is 6.26 Å². The summed E-state index contributed by atoms with van der Waals surface area (Å²) >= 11 is 0. The molecule has 2 rings (SSSR count). The SMILES string of the molecule is CS(=O)(=O)Cc1ccc(C(=O)OCc2ccc(F)cc2)cc1. The van der Waals surface area contributed by atoms with E-state index < -0.39 is 15.8 Å². The summed E-state index contributed by atoms with van der Waals surface area (Å²) in [5.74, 6) is -0.940. The molecule has 0 N–H and O–H groups in total. The second-order valence-electron chi connectivity index (χ2n) is 4.97. The van der Waals surface area contributed by atoms with Gasteiger partial charge in [-0.2, -0.15) is 0 Å². The molecule has 0 amide bonds. The smallest absolute Gasteiger partial charge is 0.338 e. The summed E-state index contributed by atoms with van der Waals surface area (Å²) in [7, 11) is -3.11. The predicted molar refractivity (Wildman–Crippen MR) is 80.5 cm³/mol. The third-order valence-corrected chi connectivity index (χ3v) is 3.76. The van der Waals surface area contributed by atoms with Crippen LogP contribution in [-0.2, 0) is 26.9 Å². The van der Waals surface area contributed by atoms with Gasteiger partial charge in [-0.1, -0.05) is 24.3 Å². The highest BCUT2D eigenvalue weighted by atomic mass is 32.2. The van der Waals surface area contributed by atoms with Crippen molar-refractivity contribution in [1.82, 2.24) is 0 Å². The number of sulfone groups is 1. The number of ether oxygens (including phenoxy) is 1. The van der Waals surface area contributed by atoms with Gasteiger partial charge in [0.25, 0.3) is 0 Å². The monoisotopic (exact) mass is 322 g/mol. The van der Waals surface area contributed by atoms with E-state index in [2.05, 4.69) is 0 Å². The zero-order chi connectivity index (χ0) is 16.2. The first-order valence-corrected chi connectivity index (χ1v) is 8.58. The highest BCUT2D eigenvalue weighted by Gasteiger charge is 2.09. The normalized spacial score (nSPS) is 11.2. The predicted octanol–water partition coefficient (Wildman–Crippen LogP) is 2.73. The summed E-state index contributed by atoms with van der Waals surface area (Å²) in [5.41, 5.74) is 1.63. The fourth-order valence-electron chi connectivity index (χ4n) is 1.85. The Morgan fingerprint density at radius 2 is 1.55 bits per heavy atom. The van der Waals surface area contributed by atoms with E-state index in [0.29, 0.717) is 16.7 Å². The van der Waals surface area contributed by atoms with Gasteiger partial charge < -0.3 is 4.74 Å². The van der Waals surface area contributed by atoms with Crippen molar-refractivity contribution < 1.29 is 22.3 Å². The average molecular weight is 322 g/mol. The minimum Gasteiger partial charge on any atom is -0.457 e. The first-order chi connectivity index (χ1) is 10.3. The van der Waals surface area contributed by atoms with Gasteiger partial charge in [-0.15, -0.1) is 0 Å². The molecule has 0 spiro atoms. The second-order valence-corrected chi connectivity index (χ2v) is 7.11. The molecule has 0 radical (unpaired) electrons. The fraction of sp³-hybridized carbons (Fsp3) is 0.188. The number of halogens is 1. The van der Waals surface area contributed by atoms with Crippen LogP contribution in [0.2, 0.25) is 0 Å². The van der Waals surface area contributed by atoms with Crippen LogP contribution in [-0.4, -0.2) is 20.6 Å². The van der Waals surface area contributed by atoms with Crippen LogP contribution in [0.15, 0.2) is 48.5 Å². The van der Waals surface area contributed by atoms with Crippen LogP contribution in [0.1, 0.15) is 21.5 Å². The molecule has 0 aliphatic heterocycles. The molecule has 0 aliphatic rings. The zero-order valence-electron chi connectivity index (χ0n) is 12.0. The van der Waals surface area contributed by atoms with Gasteiger partial charge >= 0.3 is 5.97 Å². The van der Waals surface area contributed by atoms with Crippen LogP contribution in [0.4, 0.5) is 4.39 Å². The molecule has 0 heterocycles. The third-order valence-electron chi connectivity index (χ3n) is 2.90. The van der Waals surface area contributed by atoms with Crippen LogP contribution < -0.4 is 0 Å². The Morgan fingerprint density at radius 1 is 1.00 bits per heavy atom. The average Bonchev–Trinajstić information content (AvgIpc) is 2.45. The molecule has 2 aromatic carbocycles. The molecule has 6 heteroatoms. The number of hydrogen-bond donors (Lipinski definition) is 0. The van der Waals surface area contributed by atoms with Crippen LogP contribution >= 0.6 is 0 Å². The van der Waals surface area contributed by atoms with Gasteiger partial charge in [-0.05, 0) is 35.4 Å². The summed E-state index contributed by atoms with van der Waals surface area (Å²) < 4.78 is 40.2. The molecule has 0 fully saturated rings. The zero-order valence-corrected chi connectivity index (χ0v) is 12.8. The number of carbonyl (C=O) groups excluding carboxylic acids is 1. The largest absolute Gasteiger partial charge is 0.457 e. The molecular formula is C16H15FO4S. The molecule has 0 saturated carbocycles. The van der Waals surface area contributed by atoms with Crippen molar-refractivity contribution in [1.29, 1.82) is 0 Å². The van der Waals surface area contributed by atoms with Gasteiger partial charge in [0.15, 0.2) is 9.84 Å². The standard InChI is InChI=1S/C16H15FO4S/c1-22(19,20)11-13-2-6-14(7-3-13)16(18)21-10-12-4-8-15(17)9-5-12/h2-9H,10-11H2,1H3. The molecule has 0 aromatic heterocycles. The number of esters is 1. The Labute approximate surface area is 128 Å². The lowest BCUT2D eigenvalue weighted by atomic mass is 10.1. The molecule has 0 bridgehead atoms. The van der Waals surface area contributed by atoms with Crippen molar-refractivity contribution in [2.24, 2.45) is 0 Å². The lowest BCUT2D eigenvalue weighted by Gasteiger charge is -2.06. The van der Waals surface area contributed by atoms with Crippen LogP contribution in [0, 0.1) is 5.82 Å². The highest BCUT2D eigenvalue weighted by molar-refractivity contribution is 7.89. The van der Waals surface area contributed by atoms with E-state index in [1.165, 1.54) is 36.4 Å². The van der Waals surface area contributed by atoms with Gasteiger partial charge in [-0.25, -0.2) is 17.6 Å². The number of carbonyl (C=O) groups is 1. The minimum absolute atomic E-state index is 0.0458. The maximum absolute atomic E-state index is 12.8. The second kappa shape index (κ2) is 6.70. The Kier molecular flexibility index (Phi) is 4.92. The van der Waals surface area contributed by atoms with Crippen LogP contribution in [0.25, 0.3) is 0 Å². The summed E-state index contributed by atoms with van der Waals surface area (Å²) in [4.78, 5) is 11.9. The van der Waals surface area contributed by atoms with Gasteiger partial charge in [-0.3, -0.25) is 0 Å². The Bertz CT molecular complexity index is 750. The maximum atomic E-state index is 12.8. The first-order valence-electron chi connectivity index (χ1n) is 6.52. The molecule has 0 saturated heterocycles. The van der Waals surface area contributed by atoms with E-state index in [9.17, 15) is 17.6 Å². The maximum Gasteiger partial charge on any atom is 0.338 e. The van der Waals surface area contributed by atoms with Crippen molar-refractivity contribution in [3.05, 3.63) is 71.0 Å².